The highest BCUT2D eigenvalue weighted by atomic mass is 35.5. The van der Waals surface area contributed by atoms with Gasteiger partial charge in [-0.05, 0) is 30.9 Å². The van der Waals surface area contributed by atoms with E-state index in [1.54, 1.807) is 6.20 Å². The van der Waals surface area contributed by atoms with Crippen molar-refractivity contribution in [3.63, 3.8) is 0 Å². The Balaban J connectivity index is 1.60. The van der Waals surface area contributed by atoms with Crippen molar-refractivity contribution in [2.75, 3.05) is 24.5 Å². The molecule has 3 aromatic rings. The zero-order chi connectivity index (χ0) is 20.4. The first-order chi connectivity index (χ1) is 14.0. The molecule has 1 atom stereocenters. The van der Waals surface area contributed by atoms with Crippen molar-refractivity contribution in [1.29, 1.82) is 0 Å². The van der Waals surface area contributed by atoms with Gasteiger partial charge in [0.25, 0.3) is 0 Å². The minimum absolute atomic E-state index is 0.0180. The minimum atomic E-state index is -0.0180. The number of piperidine rings is 1. The lowest BCUT2D eigenvalue weighted by atomic mass is 9.97. The summed E-state index contributed by atoms with van der Waals surface area (Å²) in [5.74, 6) is 1.43. The Bertz CT molecular complexity index is 1020. The molecule has 2 aromatic heterocycles. The Kier molecular flexibility index (Phi) is 5.72. The molecular formula is C22H26ClN5O. The second-order valence-corrected chi connectivity index (χ2v) is 8.42. The van der Waals surface area contributed by atoms with Crippen LogP contribution in [0.1, 0.15) is 26.7 Å². The van der Waals surface area contributed by atoms with Crippen LogP contribution in [0.3, 0.4) is 0 Å². The van der Waals surface area contributed by atoms with Crippen LogP contribution in [0.5, 0.6) is 0 Å². The van der Waals surface area contributed by atoms with Gasteiger partial charge in [0.2, 0.25) is 5.91 Å². The molecule has 1 aliphatic heterocycles. The number of anilines is 1. The Morgan fingerprint density at radius 1 is 1.34 bits per heavy atom. The average Bonchev–Trinajstić information content (AvgIpc) is 3.16. The maximum absolute atomic E-state index is 12.6. The number of fused-ring (bicyclic) bond motifs is 1. The second-order valence-electron chi connectivity index (χ2n) is 8.01. The number of rotatable bonds is 5. The molecule has 6 nitrogen and oxygen atoms in total. The van der Waals surface area contributed by atoms with Gasteiger partial charge in [0, 0.05) is 37.6 Å². The number of benzene rings is 1. The van der Waals surface area contributed by atoms with E-state index in [9.17, 15) is 4.79 Å². The summed E-state index contributed by atoms with van der Waals surface area (Å²) in [6.07, 6.45) is 5.48. The molecule has 1 fully saturated rings. The Hall–Kier alpha value is -2.60. The number of nitrogens with zero attached hydrogens (tertiary/aromatic N) is 4. The summed E-state index contributed by atoms with van der Waals surface area (Å²) in [7, 11) is 0. The summed E-state index contributed by atoms with van der Waals surface area (Å²) >= 11 is 6.36. The van der Waals surface area contributed by atoms with E-state index in [1.807, 2.05) is 41.0 Å². The van der Waals surface area contributed by atoms with E-state index in [0.29, 0.717) is 24.0 Å². The summed E-state index contributed by atoms with van der Waals surface area (Å²) in [5.41, 5.74) is 2.63. The highest BCUT2D eigenvalue weighted by Crippen LogP contribution is 2.31. The molecule has 1 aliphatic rings. The van der Waals surface area contributed by atoms with Gasteiger partial charge in [-0.2, -0.15) is 5.10 Å². The van der Waals surface area contributed by atoms with Gasteiger partial charge in [-0.3, -0.25) is 4.79 Å². The van der Waals surface area contributed by atoms with Crippen LogP contribution in [-0.2, 0) is 4.79 Å². The van der Waals surface area contributed by atoms with Crippen molar-refractivity contribution in [3.8, 4) is 11.3 Å². The van der Waals surface area contributed by atoms with Gasteiger partial charge in [-0.25, -0.2) is 9.50 Å². The van der Waals surface area contributed by atoms with Crippen molar-refractivity contribution < 1.29 is 4.79 Å². The molecule has 3 heterocycles. The molecule has 0 saturated carbocycles. The summed E-state index contributed by atoms with van der Waals surface area (Å²) in [6, 6.07) is 9.71. The zero-order valence-electron chi connectivity index (χ0n) is 16.8. The largest absolute Gasteiger partial charge is 0.356 e. The molecule has 4 rings (SSSR count). The number of amides is 1. The van der Waals surface area contributed by atoms with Gasteiger partial charge in [0.1, 0.15) is 5.52 Å². The molecule has 1 aromatic carbocycles. The highest BCUT2D eigenvalue weighted by Gasteiger charge is 2.27. The van der Waals surface area contributed by atoms with E-state index < -0.39 is 0 Å². The molecule has 1 amide bonds. The predicted molar refractivity (Wildman–Crippen MR) is 116 cm³/mol. The third-order valence-electron chi connectivity index (χ3n) is 5.30. The average molecular weight is 412 g/mol. The smallest absolute Gasteiger partial charge is 0.224 e. The van der Waals surface area contributed by atoms with Gasteiger partial charge in [0.05, 0.1) is 16.6 Å². The molecule has 7 heteroatoms. The van der Waals surface area contributed by atoms with Crippen molar-refractivity contribution in [3.05, 3.63) is 47.7 Å². The summed E-state index contributed by atoms with van der Waals surface area (Å²) in [6.45, 7) is 6.48. The molecular weight excluding hydrogens is 386 g/mol. The Morgan fingerprint density at radius 3 is 2.97 bits per heavy atom. The topological polar surface area (TPSA) is 62.5 Å². The van der Waals surface area contributed by atoms with E-state index in [2.05, 4.69) is 34.1 Å². The fourth-order valence-corrected chi connectivity index (χ4v) is 4.02. The van der Waals surface area contributed by atoms with Gasteiger partial charge < -0.3 is 10.2 Å². The molecule has 1 N–H and O–H groups in total. The fourth-order valence-electron chi connectivity index (χ4n) is 3.79. The second kappa shape index (κ2) is 8.41. The molecule has 0 bridgehead atoms. The quantitative estimate of drug-likeness (QED) is 0.688. The third-order valence-corrected chi connectivity index (χ3v) is 5.63. The van der Waals surface area contributed by atoms with E-state index >= 15 is 0 Å². The number of hydrogen-bond acceptors (Lipinski definition) is 4. The van der Waals surface area contributed by atoms with Crippen LogP contribution < -0.4 is 10.2 Å². The lowest BCUT2D eigenvalue weighted by molar-refractivity contribution is -0.125. The number of aromatic nitrogens is 3. The Morgan fingerprint density at radius 2 is 2.17 bits per heavy atom. The molecule has 0 radical (unpaired) electrons. The summed E-state index contributed by atoms with van der Waals surface area (Å²) in [4.78, 5) is 19.4. The molecule has 1 unspecified atom stereocenters. The van der Waals surface area contributed by atoms with Gasteiger partial charge in [-0.1, -0.05) is 43.6 Å². The number of carbonyl (C=O) groups is 1. The highest BCUT2D eigenvalue weighted by molar-refractivity contribution is 6.33. The van der Waals surface area contributed by atoms with E-state index in [1.165, 1.54) is 0 Å². The Labute approximate surface area is 175 Å². The number of hydrogen-bond donors (Lipinski definition) is 1. The SMILES string of the molecule is CC(C)CNC(=O)C1CCCN(c2nccn3nc(-c4ccccc4Cl)cc23)C1. The van der Waals surface area contributed by atoms with Crippen LogP contribution in [0.2, 0.25) is 5.02 Å². The monoisotopic (exact) mass is 411 g/mol. The number of nitrogens with one attached hydrogen (secondary N) is 1. The number of carbonyl (C=O) groups excluding carboxylic acids is 1. The van der Waals surface area contributed by atoms with Crippen LogP contribution in [0.15, 0.2) is 42.7 Å². The first-order valence-electron chi connectivity index (χ1n) is 10.1. The van der Waals surface area contributed by atoms with Crippen molar-refractivity contribution in [1.82, 2.24) is 19.9 Å². The zero-order valence-corrected chi connectivity index (χ0v) is 17.6. The van der Waals surface area contributed by atoms with Crippen molar-refractivity contribution >= 4 is 28.8 Å². The summed E-state index contributed by atoms with van der Waals surface area (Å²) < 4.78 is 1.84. The maximum atomic E-state index is 12.6. The molecule has 152 valence electrons. The lowest BCUT2D eigenvalue weighted by Gasteiger charge is -2.33. The van der Waals surface area contributed by atoms with Crippen LogP contribution >= 0.6 is 11.6 Å². The van der Waals surface area contributed by atoms with Crippen LogP contribution in [0.4, 0.5) is 5.82 Å². The van der Waals surface area contributed by atoms with Crippen LogP contribution in [0, 0.1) is 11.8 Å². The first kappa shape index (κ1) is 19.7. The normalized spacial score (nSPS) is 17.1. The van der Waals surface area contributed by atoms with E-state index in [4.69, 9.17) is 11.6 Å². The predicted octanol–water partition coefficient (Wildman–Crippen LogP) is 4.04. The molecule has 29 heavy (non-hydrogen) atoms. The lowest BCUT2D eigenvalue weighted by Crippen LogP contribution is -2.44. The van der Waals surface area contributed by atoms with Gasteiger partial charge in [-0.15, -0.1) is 0 Å². The van der Waals surface area contributed by atoms with E-state index in [-0.39, 0.29) is 11.8 Å². The molecule has 0 aliphatic carbocycles. The standard InChI is InChI=1S/C22H26ClN5O/c1-15(2)13-25-22(29)16-6-5-10-27(14-16)21-20-12-19(26-28(20)11-9-24-21)17-7-3-4-8-18(17)23/h3-4,7-9,11-12,15-16H,5-6,10,13-14H2,1-2H3,(H,25,29). The maximum Gasteiger partial charge on any atom is 0.224 e. The van der Waals surface area contributed by atoms with Gasteiger partial charge >= 0.3 is 0 Å². The number of halogens is 1. The van der Waals surface area contributed by atoms with Crippen LogP contribution in [-0.4, -0.2) is 40.1 Å². The first-order valence-corrected chi connectivity index (χ1v) is 10.5. The summed E-state index contributed by atoms with van der Waals surface area (Å²) in [5, 5.41) is 8.43. The third kappa shape index (κ3) is 4.22. The molecule has 1 saturated heterocycles. The minimum Gasteiger partial charge on any atom is -0.356 e. The molecule has 0 spiro atoms. The van der Waals surface area contributed by atoms with Crippen LogP contribution in [0.25, 0.3) is 16.8 Å². The van der Waals surface area contributed by atoms with E-state index in [0.717, 1.165) is 42.0 Å². The van der Waals surface area contributed by atoms with Gasteiger partial charge in [0.15, 0.2) is 5.82 Å². The van der Waals surface area contributed by atoms with Crippen molar-refractivity contribution in [2.24, 2.45) is 11.8 Å². The fraction of sp³-hybridized carbons (Fsp3) is 0.409. The van der Waals surface area contributed by atoms with Crippen molar-refractivity contribution in [2.45, 2.75) is 26.7 Å².